The SMILES string of the molecule is COC(=O)CCCc1cc2c(cc1O)CC(N)C2. The van der Waals surface area contributed by atoms with Gasteiger partial charge in [0.15, 0.2) is 0 Å². The van der Waals surface area contributed by atoms with Gasteiger partial charge in [-0.1, -0.05) is 6.07 Å². The maximum atomic E-state index is 11.0. The van der Waals surface area contributed by atoms with Crippen molar-refractivity contribution in [3.8, 4) is 5.75 Å². The molecule has 0 spiro atoms. The molecule has 18 heavy (non-hydrogen) atoms. The molecular formula is C14H19NO3. The summed E-state index contributed by atoms with van der Waals surface area (Å²) in [5.74, 6) is 0.102. The first-order valence-electron chi connectivity index (χ1n) is 6.26. The maximum absolute atomic E-state index is 11.0. The van der Waals surface area contributed by atoms with E-state index in [9.17, 15) is 9.90 Å². The molecular weight excluding hydrogens is 230 g/mol. The summed E-state index contributed by atoms with van der Waals surface area (Å²) in [4.78, 5) is 11.0. The molecule has 4 nitrogen and oxygen atoms in total. The van der Waals surface area contributed by atoms with Gasteiger partial charge >= 0.3 is 5.97 Å². The van der Waals surface area contributed by atoms with Crippen LogP contribution in [0.3, 0.4) is 0 Å². The van der Waals surface area contributed by atoms with Crippen LogP contribution in [-0.4, -0.2) is 24.2 Å². The number of phenolic OH excluding ortho intramolecular Hbond substituents is 1. The van der Waals surface area contributed by atoms with Crippen LogP contribution in [0, 0.1) is 0 Å². The molecule has 4 heteroatoms. The highest BCUT2D eigenvalue weighted by atomic mass is 16.5. The number of hydrogen-bond donors (Lipinski definition) is 2. The van der Waals surface area contributed by atoms with Gasteiger partial charge in [0.05, 0.1) is 7.11 Å². The van der Waals surface area contributed by atoms with Crippen molar-refractivity contribution < 1.29 is 14.6 Å². The van der Waals surface area contributed by atoms with Gasteiger partial charge in [0.2, 0.25) is 0 Å². The van der Waals surface area contributed by atoms with Crippen LogP contribution in [-0.2, 0) is 28.8 Å². The minimum absolute atomic E-state index is 0.171. The number of phenols is 1. The van der Waals surface area contributed by atoms with E-state index >= 15 is 0 Å². The summed E-state index contributed by atoms with van der Waals surface area (Å²) in [5.41, 5.74) is 9.18. The number of carbonyl (C=O) groups excluding carboxylic acids is 1. The molecule has 0 saturated carbocycles. The lowest BCUT2D eigenvalue weighted by atomic mass is 10.0. The van der Waals surface area contributed by atoms with Gasteiger partial charge in [-0.05, 0) is 48.4 Å². The average Bonchev–Trinajstić information content (AvgIpc) is 2.68. The normalized spacial score (nSPS) is 17.6. The summed E-state index contributed by atoms with van der Waals surface area (Å²) in [7, 11) is 1.39. The van der Waals surface area contributed by atoms with E-state index in [0.717, 1.165) is 24.0 Å². The minimum atomic E-state index is -0.210. The fraction of sp³-hybridized carbons (Fsp3) is 0.500. The number of aromatic hydroxyl groups is 1. The predicted molar refractivity (Wildman–Crippen MR) is 68.4 cm³/mol. The first-order valence-corrected chi connectivity index (χ1v) is 6.26. The van der Waals surface area contributed by atoms with Crippen LogP contribution in [0.5, 0.6) is 5.75 Å². The standard InChI is InChI=1S/C14H19NO3/c1-18-14(17)4-2-3-9-5-10-6-12(15)7-11(10)8-13(9)16/h5,8,12,16H,2-4,6-7,15H2,1H3. The van der Waals surface area contributed by atoms with E-state index in [-0.39, 0.29) is 12.0 Å². The van der Waals surface area contributed by atoms with E-state index < -0.39 is 0 Å². The minimum Gasteiger partial charge on any atom is -0.508 e. The number of methoxy groups -OCH3 is 1. The molecule has 0 saturated heterocycles. The number of benzene rings is 1. The molecule has 0 aliphatic heterocycles. The lowest BCUT2D eigenvalue weighted by molar-refractivity contribution is -0.140. The van der Waals surface area contributed by atoms with Crippen LogP contribution in [0.2, 0.25) is 0 Å². The van der Waals surface area contributed by atoms with Crippen LogP contribution in [0.4, 0.5) is 0 Å². The molecule has 0 heterocycles. The van der Waals surface area contributed by atoms with Crippen molar-refractivity contribution in [3.63, 3.8) is 0 Å². The monoisotopic (exact) mass is 249 g/mol. The van der Waals surface area contributed by atoms with E-state index in [1.165, 1.54) is 12.7 Å². The fourth-order valence-corrected chi connectivity index (χ4v) is 2.47. The number of aryl methyl sites for hydroxylation is 1. The highest BCUT2D eigenvalue weighted by Gasteiger charge is 2.20. The van der Waals surface area contributed by atoms with Gasteiger partial charge in [0, 0.05) is 12.5 Å². The Labute approximate surface area is 107 Å². The Balaban J connectivity index is 2.01. The average molecular weight is 249 g/mol. The molecule has 1 aromatic carbocycles. The Hall–Kier alpha value is -1.55. The van der Waals surface area contributed by atoms with Crippen LogP contribution >= 0.6 is 0 Å². The van der Waals surface area contributed by atoms with E-state index in [4.69, 9.17) is 5.73 Å². The van der Waals surface area contributed by atoms with Crippen molar-refractivity contribution in [1.29, 1.82) is 0 Å². The topological polar surface area (TPSA) is 72.5 Å². The Morgan fingerprint density at radius 1 is 1.44 bits per heavy atom. The molecule has 98 valence electrons. The zero-order chi connectivity index (χ0) is 13.1. The largest absolute Gasteiger partial charge is 0.508 e. The third-order valence-electron chi connectivity index (χ3n) is 3.42. The number of rotatable bonds is 4. The smallest absolute Gasteiger partial charge is 0.305 e. The third kappa shape index (κ3) is 2.82. The number of esters is 1. The lowest BCUT2D eigenvalue weighted by Gasteiger charge is -2.07. The van der Waals surface area contributed by atoms with Crippen LogP contribution in [0.25, 0.3) is 0 Å². The van der Waals surface area contributed by atoms with Crippen molar-refractivity contribution in [2.75, 3.05) is 7.11 Å². The second-order valence-corrected chi connectivity index (χ2v) is 4.85. The summed E-state index contributed by atoms with van der Waals surface area (Å²) in [6.07, 6.45) is 3.46. The highest BCUT2D eigenvalue weighted by Crippen LogP contribution is 2.29. The van der Waals surface area contributed by atoms with Crippen molar-refractivity contribution in [2.45, 2.75) is 38.1 Å². The van der Waals surface area contributed by atoms with Gasteiger partial charge in [-0.15, -0.1) is 0 Å². The molecule has 0 fully saturated rings. The number of nitrogens with two attached hydrogens (primary N) is 1. The third-order valence-corrected chi connectivity index (χ3v) is 3.42. The van der Waals surface area contributed by atoms with Gasteiger partial charge < -0.3 is 15.6 Å². The van der Waals surface area contributed by atoms with Gasteiger partial charge in [0.25, 0.3) is 0 Å². The second-order valence-electron chi connectivity index (χ2n) is 4.85. The molecule has 1 aromatic rings. The van der Waals surface area contributed by atoms with Crippen LogP contribution < -0.4 is 5.73 Å². The Morgan fingerprint density at radius 3 is 2.78 bits per heavy atom. The molecule has 0 amide bonds. The Kier molecular flexibility index (Phi) is 3.87. The fourth-order valence-electron chi connectivity index (χ4n) is 2.47. The summed E-state index contributed by atoms with van der Waals surface area (Å²) < 4.78 is 4.59. The second kappa shape index (κ2) is 5.40. The number of ether oxygens (including phenoxy) is 1. The summed E-state index contributed by atoms with van der Waals surface area (Å²) in [6, 6.07) is 4.01. The Bertz CT molecular complexity index is 457. The van der Waals surface area contributed by atoms with E-state index in [1.54, 1.807) is 0 Å². The van der Waals surface area contributed by atoms with Gasteiger partial charge in [-0.25, -0.2) is 0 Å². The van der Waals surface area contributed by atoms with Gasteiger partial charge in [-0.2, -0.15) is 0 Å². The first kappa shape index (κ1) is 12.9. The zero-order valence-electron chi connectivity index (χ0n) is 10.6. The summed E-state index contributed by atoms with van der Waals surface area (Å²) in [6.45, 7) is 0. The number of carbonyl (C=O) groups is 1. The van der Waals surface area contributed by atoms with Crippen LogP contribution in [0.15, 0.2) is 12.1 Å². The summed E-state index contributed by atoms with van der Waals surface area (Å²) in [5, 5.41) is 9.93. The molecule has 0 aromatic heterocycles. The van der Waals surface area contributed by atoms with Gasteiger partial charge in [0.1, 0.15) is 5.75 Å². The number of hydrogen-bond acceptors (Lipinski definition) is 4. The van der Waals surface area contributed by atoms with E-state index in [0.29, 0.717) is 25.0 Å². The molecule has 2 rings (SSSR count). The molecule has 1 aliphatic carbocycles. The maximum Gasteiger partial charge on any atom is 0.305 e. The van der Waals surface area contributed by atoms with Crippen molar-refractivity contribution >= 4 is 5.97 Å². The predicted octanol–water partition coefficient (Wildman–Crippen LogP) is 1.31. The van der Waals surface area contributed by atoms with Crippen molar-refractivity contribution in [1.82, 2.24) is 0 Å². The van der Waals surface area contributed by atoms with Crippen molar-refractivity contribution in [3.05, 3.63) is 28.8 Å². The highest BCUT2D eigenvalue weighted by molar-refractivity contribution is 5.69. The lowest BCUT2D eigenvalue weighted by Crippen LogP contribution is -2.18. The van der Waals surface area contributed by atoms with E-state index in [2.05, 4.69) is 4.74 Å². The zero-order valence-corrected chi connectivity index (χ0v) is 10.6. The molecule has 3 N–H and O–H groups in total. The molecule has 1 unspecified atom stereocenters. The van der Waals surface area contributed by atoms with Crippen molar-refractivity contribution in [2.24, 2.45) is 5.73 Å². The molecule has 0 bridgehead atoms. The molecule has 1 atom stereocenters. The Morgan fingerprint density at radius 2 is 2.11 bits per heavy atom. The van der Waals surface area contributed by atoms with Gasteiger partial charge in [-0.3, -0.25) is 4.79 Å². The molecule has 1 aliphatic rings. The van der Waals surface area contributed by atoms with E-state index in [1.807, 2.05) is 12.1 Å². The van der Waals surface area contributed by atoms with Crippen LogP contribution in [0.1, 0.15) is 29.5 Å². The summed E-state index contributed by atoms with van der Waals surface area (Å²) >= 11 is 0. The molecule has 0 radical (unpaired) electrons. The number of fused-ring (bicyclic) bond motifs is 1. The first-order chi connectivity index (χ1) is 8.60. The quantitative estimate of drug-likeness (QED) is 0.789.